The van der Waals surface area contributed by atoms with Crippen LogP contribution in [0.5, 0.6) is 0 Å². The number of ketones is 1. The maximum atomic E-state index is 15.5. The van der Waals surface area contributed by atoms with Crippen LogP contribution in [0.1, 0.15) is 188 Å². The molecule has 0 atom stereocenters. The van der Waals surface area contributed by atoms with Crippen molar-refractivity contribution in [2.24, 2.45) is 43.3 Å². The minimum atomic E-state index is -0.0371. The van der Waals surface area contributed by atoms with Gasteiger partial charge in [-0.05, 0) is 117 Å². The van der Waals surface area contributed by atoms with Gasteiger partial charge in [-0.15, -0.1) is 22.9 Å². The van der Waals surface area contributed by atoms with Crippen LogP contribution in [0, 0.1) is 43.3 Å². The summed E-state index contributed by atoms with van der Waals surface area (Å²) in [6, 6.07) is 0. The van der Waals surface area contributed by atoms with Gasteiger partial charge in [0, 0.05) is 0 Å². The van der Waals surface area contributed by atoms with Crippen molar-refractivity contribution in [3.8, 4) is 0 Å². The molecule has 0 bridgehead atoms. The number of Topliss-reactive ketones (excluding diaryl/α,β-unsaturated/α-hetero) is 1. The summed E-state index contributed by atoms with van der Waals surface area (Å²) in [5.41, 5.74) is 24.6. The van der Waals surface area contributed by atoms with E-state index in [9.17, 15) is 0 Å². The fraction of sp³-hybridized carbons (Fsp3) is 0.735. The first-order valence-electron chi connectivity index (χ1n) is 20.3. The van der Waals surface area contributed by atoms with E-state index in [-0.39, 0.29) is 49.1 Å². The van der Waals surface area contributed by atoms with Crippen molar-refractivity contribution >= 4 is 5.78 Å². The van der Waals surface area contributed by atoms with Crippen LogP contribution < -0.4 is 0 Å². The number of carbonyl (C=O) groups is 1. The normalized spacial score (nSPS) is 28.9. The number of carbonyl (C=O) groups excluding carboxylic acids is 1. The maximum absolute atomic E-state index is 15.5. The third kappa shape index (κ3) is 7.08. The molecule has 0 amide bonds. The minimum absolute atomic E-state index is 0.0145. The lowest BCUT2D eigenvalue weighted by Crippen LogP contribution is -2.32. The molecule has 0 aromatic heterocycles. The first-order chi connectivity index (χ1) is 22.6. The molecular formula is C49H72O. The lowest BCUT2D eigenvalue weighted by atomic mass is 9.61. The van der Waals surface area contributed by atoms with Crippen LogP contribution in [0.3, 0.4) is 0 Å². The van der Waals surface area contributed by atoms with E-state index in [4.69, 9.17) is 0 Å². The van der Waals surface area contributed by atoms with Gasteiger partial charge in [-0.2, -0.15) is 0 Å². The van der Waals surface area contributed by atoms with E-state index in [1.165, 1.54) is 48.0 Å². The predicted octanol–water partition coefficient (Wildman–Crippen LogP) is 14.3. The Morgan fingerprint density at radius 2 is 0.460 bits per heavy atom. The molecule has 0 heterocycles. The Morgan fingerprint density at radius 3 is 0.640 bits per heavy atom. The van der Waals surface area contributed by atoms with Crippen LogP contribution in [0.25, 0.3) is 0 Å². The maximum Gasteiger partial charge on any atom is 0.211 e. The third-order valence-corrected chi connectivity index (χ3v) is 14.0. The fourth-order valence-corrected chi connectivity index (χ4v) is 11.5. The Morgan fingerprint density at radius 1 is 0.300 bits per heavy atom. The monoisotopic (exact) mass is 677 g/mol. The van der Waals surface area contributed by atoms with Crippen LogP contribution in [-0.4, -0.2) is 5.78 Å². The lowest BCUT2D eigenvalue weighted by Gasteiger charge is -2.43. The quantitative estimate of drug-likeness (QED) is 0.184. The van der Waals surface area contributed by atoms with E-state index in [0.29, 0.717) is 11.1 Å². The van der Waals surface area contributed by atoms with Gasteiger partial charge < -0.3 is 0 Å². The molecule has 50 heavy (non-hydrogen) atoms. The molecule has 0 aliphatic heterocycles. The van der Waals surface area contributed by atoms with Crippen molar-refractivity contribution in [3.63, 3.8) is 0 Å². The summed E-state index contributed by atoms with van der Waals surface area (Å²) in [7, 11) is 0. The molecule has 0 aromatic rings. The second-order valence-electron chi connectivity index (χ2n) is 22.3. The second-order valence-corrected chi connectivity index (χ2v) is 22.3. The molecule has 0 radical (unpaired) electrons. The van der Waals surface area contributed by atoms with Gasteiger partial charge in [0.1, 0.15) is 0 Å². The largest absolute Gasteiger partial charge is 0.287 e. The number of rotatable bonds is 0. The average molecular weight is 677 g/mol. The van der Waals surface area contributed by atoms with Crippen molar-refractivity contribution in [1.82, 2.24) is 0 Å². The first-order valence-corrected chi connectivity index (χ1v) is 20.3. The molecule has 5 aliphatic carbocycles. The van der Waals surface area contributed by atoms with Crippen molar-refractivity contribution in [2.75, 3.05) is 0 Å². The van der Waals surface area contributed by atoms with Crippen molar-refractivity contribution in [2.45, 2.75) is 188 Å². The van der Waals surface area contributed by atoms with Gasteiger partial charge in [0.25, 0.3) is 0 Å². The Bertz CT molecular complexity index is 1530. The summed E-state index contributed by atoms with van der Waals surface area (Å²) < 4.78 is 0. The van der Waals surface area contributed by atoms with E-state index in [1.807, 2.05) is 0 Å². The standard InChI is InChI=1S/C49H72O/c1-42(2)21-17-22-43(3,4)37(42)29-33-34(30-38-44(5,6)23-18-24-45(38,7)8)36(32-40-48(13,14)27-20-28-49(40,15)16)41(50)35(33)31-39-46(9,10)25-19-26-47(39,11)12/h17-28H2,1-16H3. The number of hydrogen-bond acceptors (Lipinski definition) is 1. The van der Waals surface area contributed by atoms with E-state index >= 15 is 4.79 Å². The predicted molar refractivity (Wildman–Crippen MR) is 213 cm³/mol. The highest BCUT2D eigenvalue weighted by molar-refractivity contribution is 6.20. The number of hydrogen-bond donors (Lipinski definition) is 0. The topological polar surface area (TPSA) is 17.1 Å². The highest BCUT2D eigenvalue weighted by Gasteiger charge is 2.46. The van der Waals surface area contributed by atoms with Gasteiger partial charge >= 0.3 is 0 Å². The molecule has 5 fully saturated rings. The summed E-state index contributed by atoms with van der Waals surface area (Å²) >= 11 is 0. The Balaban J connectivity index is 2.12. The van der Waals surface area contributed by atoms with Crippen LogP contribution in [0.15, 0.2) is 67.5 Å². The van der Waals surface area contributed by atoms with E-state index in [0.717, 1.165) is 62.5 Å². The molecule has 1 nitrogen and oxygen atoms in total. The van der Waals surface area contributed by atoms with Crippen molar-refractivity contribution in [3.05, 3.63) is 67.5 Å². The van der Waals surface area contributed by atoms with Gasteiger partial charge in [0.2, 0.25) is 5.78 Å². The molecule has 5 aliphatic rings. The SMILES string of the molecule is CC1(C)CCCC(C)(C)C1=C=C1C(=O)C(=C=C2C(C)(C)CCCC2(C)C)C(=C=C2C(C)(C)CCCC2(C)C)C1=C=C1C(C)(C)CCCC1(C)C. The van der Waals surface area contributed by atoms with E-state index in [1.54, 1.807) is 0 Å². The first kappa shape index (κ1) is 39.0. The molecule has 5 rings (SSSR count). The molecule has 0 saturated heterocycles. The molecule has 1 heteroatoms. The summed E-state index contributed by atoms with van der Waals surface area (Å²) in [5.74, 6) is 0.0726. The summed E-state index contributed by atoms with van der Waals surface area (Å²) in [4.78, 5) is 15.5. The van der Waals surface area contributed by atoms with Crippen molar-refractivity contribution in [1.29, 1.82) is 0 Å². The zero-order valence-electron chi connectivity index (χ0n) is 35.4. The molecule has 0 aromatic carbocycles. The molecule has 274 valence electrons. The molecule has 5 saturated carbocycles. The van der Waals surface area contributed by atoms with Crippen LogP contribution in [0.4, 0.5) is 0 Å². The molecule has 0 unspecified atom stereocenters. The average Bonchev–Trinajstić information content (AvgIpc) is 3.16. The van der Waals surface area contributed by atoms with Crippen LogP contribution in [0.2, 0.25) is 0 Å². The zero-order valence-corrected chi connectivity index (χ0v) is 35.4. The Hall–Kier alpha value is -2.25. The van der Waals surface area contributed by atoms with Gasteiger partial charge in [0.15, 0.2) is 0 Å². The third-order valence-electron chi connectivity index (χ3n) is 14.0. The van der Waals surface area contributed by atoms with Gasteiger partial charge in [-0.1, -0.05) is 136 Å². The fourth-order valence-electron chi connectivity index (χ4n) is 11.5. The summed E-state index contributed by atoms with van der Waals surface area (Å²) in [6.07, 6.45) is 13.8. The molecule has 0 N–H and O–H groups in total. The van der Waals surface area contributed by atoms with Crippen LogP contribution in [-0.2, 0) is 4.79 Å². The smallest absolute Gasteiger partial charge is 0.211 e. The summed E-state index contributed by atoms with van der Waals surface area (Å²) in [6.45, 7) is 38.1. The molecule has 0 spiro atoms. The number of allylic oxidation sites excluding steroid dienone is 4. The van der Waals surface area contributed by atoms with E-state index in [2.05, 4.69) is 134 Å². The van der Waals surface area contributed by atoms with Crippen molar-refractivity contribution < 1.29 is 4.79 Å². The van der Waals surface area contributed by atoms with Gasteiger partial charge in [-0.3, -0.25) is 4.79 Å². The Labute approximate surface area is 308 Å². The second kappa shape index (κ2) is 12.4. The van der Waals surface area contributed by atoms with Crippen LogP contribution >= 0.6 is 0 Å². The lowest BCUT2D eigenvalue weighted by molar-refractivity contribution is -0.111. The molecular weight excluding hydrogens is 605 g/mol. The summed E-state index contributed by atoms with van der Waals surface area (Å²) in [5, 5.41) is 0. The minimum Gasteiger partial charge on any atom is -0.287 e. The van der Waals surface area contributed by atoms with Gasteiger partial charge in [-0.25, -0.2) is 0 Å². The highest BCUT2D eigenvalue weighted by atomic mass is 16.1. The highest BCUT2D eigenvalue weighted by Crippen LogP contribution is 2.55. The zero-order chi connectivity index (χ0) is 37.5. The van der Waals surface area contributed by atoms with E-state index < -0.39 is 0 Å². The van der Waals surface area contributed by atoms with Gasteiger partial charge in [0.05, 0.1) is 22.3 Å². The Kier molecular flexibility index (Phi) is 9.68.